The van der Waals surface area contributed by atoms with Gasteiger partial charge in [0.05, 0.1) is 5.69 Å². The summed E-state index contributed by atoms with van der Waals surface area (Å²) in [6.07, 6.45) is 0. The molecule has 0 saturated carbocycles. The lowest BCUT2D eigenvalue weighted by Gasteiger charge is -2.15. The number of rotatable bonds is 4. The van der Waals surface area contributed by atoms with E-state index in [-0.39, 0.29) is 10.6 Å². The van der Waals surface area contributed by atoms with E-state index in [4.69, 9.17) is 5.73 Å². The van der Waals surface area contributed by atoms with Gasteiger partial charge in [0.25, 0.3) is 0 Å². The Kier molecular flexibility index (Phi) is 4.36. The van der Waals surface area contributed by atoms with E-state index in [0.29, 0.717) is 0 Å². The number of halogens is 1. The van der Waals surface area contributed by atoms with Crippen molar-refractivity contribution in [2.75, 3.05) is 5.73 Å². The van der Waals surface area contributed by atoms with Crippen molar-refractivity contribution in [2.24, 2.45) is 0 Å². The molecule has 0 bridgehead atoms. The molecule has 0 aliphatic heterocycles. The van der Waals surface area contributed by atoms with Crippen LogP contribution in [0, 0.1) is 19.7 Å². The molecule has 0 fully saturated rings. The lowest BCUT2D eigenvalue weighted by atomic mass is 10.1. The predicted octanol–water partition coefficient (Wildman–Crippen LogP) is 3.13. The fourth-order valence-corrected chi connectivity index (χ4v) is 4.58. The van der Waals surface area contributed by atoms with Crippen molar-refractivity contribution < 1.29 is 12.8 Å². The Bertz CT molecular complexity index is 769. The number of sulfonamides is 1. The van der Waals surface area contributed by atoms with E-state index in [1.54, 1.807) is 18.3 Å². The molecule has 0 spiro atoms. The molecule has 0 radical (unpaired) electrons. The average Bonchev–Trinajstić information content (AvgIpc) is 2.71. The van der Waals surface area contributed by atoms with Gasteiger partial charge in [0, 0.05) is 15.8 Å². The summed E-state index contributed by atoms with van der Waals surface area (Å²) in [7, 11) is -3.88. The molecule has 0 saturated heterocycles. The van der Waals surface area contributed by atoms with E-state index in [0.717, 1.165) is 21.4 Å². The van der Waals surface area contributed by atoms with Crippen molar-refractivity contribution in [3.8, 4) is 0 Å². The summed E-state index contributed by atoms with van der Waals surface area (Å²) in [5.41, 5.74) is 6.07. The zero-order chi connectivity index (χ0) is 15.8. The van der Waals surface area contributed by atoms with Gasteiger partial charge in [-0.25, -0.2) is 17.5 Å². The third-order valence-corrected chi connectivity index (χ3v) is 5.76. The monoisotopic (exact) mass is 328 g/mol. The van der Waals surface area contributed by atoms with Crippen LogP contribution in [-0.2, 0) is 10.0 Å². The lowest BCUT2D eigenvalue weighted by molar-refractivity contribution is 0.565. The summed E-state index contributed by atoms with van der Waals surface area (Å²) in [5.74, 6) is -0.743. The van der Waals surface area contributed by atoms with Crippen molar-refractivity contribution in [1.82, 2.24) is 4.72 Å². The summed E-state index contributed by atoms with van der Waals surface area (Å²) in [6, 6.07) is 5.28. The minimum atomic E-state index is -3.88. The Morgan fingerprint density at radius 2 is 2.00 bits per heavy atom. The van der Waals surface area contributed by atoms with Crippen LogP contribution in [0.2, 0.25) is 0 Å². The molecule has 1 atom stereocenters. The van der Waals surface area contributed by atoms with E-state index in [9.17, 15) is 12.8 Å². The maximum absolute atomic E-state index is 13.4. The SMILES string of the molecule is Cc1cc(C(C)NS(=O)(=O)c2cccc(F)c2N)c(C)s1. The highest BCUT2D eigenvalue weighted by atomic mass is 32.2. The first kappa shape index (κ1) is 15.9. The van der Waals surface area contributed by atoms with Crippen LogP contribution < -0.4 is 10.5 Å². The van der Waals surface area contributed by atoms with Crippen molar-refractivity contribution in [3.05, 3.63) is 45.4 Å². The van der Waals surface area contributed by atoms with Crippen LogP contribution in [0.3, 0.4) is 0 Å². The van der Waals surface area contributed by atoms with Crippen LogP contribution in [0.25, 0.3) is 0 Å². The van der Waals surface area contributed by atoms with Gasteiger partial charge in [-0.2, -0.15) is 0 Å². The Morgan fingerprint density at radius 3 is 2.57 bits per heavy atom. The van der Waals surface area contributed by atoms with Crippen LogP contribution in [0.15, 0.2) is 29.2 Å². The molecule has 7 heteroatoms. The number of para-hydroxylation sites is 1. The fourth-order valence-electron chi connectivity index (χ4n) is 2.19. The van der Waals surface area contributed by atoms with E-state index in [2.05, 4.69) is 4.72 Å². The maximum atomic E-state index is 13.4. The van der Waals surface area contributed by atoms with Crippen molar-refractivity contribution in [2.45, 2.75) is 31.7 Å². The third-order valence-electron chi connectivity index (χ3n) is 3.18. The van der Waals surface area contributed by atoms with Crippen molar-refractivity contribution >= 4 is 27.0 Å². The fraction of sp³-hybridized carbons (Fsp3) is 0.286. The molecule has 4 nitrogen and oxygen atoms in total. The molecule has 21 heavy (non-hydrogen) atoms. The summed E-state index contributed by atoms with van der Waals surface area (Å²) in [4.78, 5) is 1.92. The Morgan fingerprint density at radius 1 is 1.33 bits per heavy atom. The quantitative estimate of drug-likeness (QED) is 0.847. The predicted molar refractivity (Wildman–Crippen MR) is 83.3 cm³/mol. The molecular weight excluding hydrogens is 311 g/mol. The number of nitrogens with two attached hydrogens (primary N) is 1. The zero-order valence-electron chi connectivity index (χ0n) is 12.0. The summed E-state index contributed by atoms with van der Waals surface area (Å²) < 4.78 is 40.7. The standard InChI is InChI=1S/C14H17FN2O2S2/c1-8-7-11(10(3)20-8)9(2)17-21(18,19)13-6-4-5-12(15)14(13)16/h4-7,9,17H,16H2,1-3H3. The normalized spacial score (nSPS) is 13.3. The van der Waals surface area contributed by atoms with Crippen LogP contribution in [0.4, 0.5) is 10.1 Å². The second-order valence-electron chi connectivity index (χ2n) is 4.86. The van der Waals surface area contributed by atoms with E-state index >= 15 is 0 Å². The highest BCUT2D eigenvalue weighted by molar-refractivity contribution is 7.89. The van der Waals surface area contributed by atoms with E-state index < -0.39 is 21.9 Å². The van der Waals surface area contributed by atoms with Crippen LogP contribution in [0.1, 0.15) is 28.3 Å². The molecule has 1 aromatic carbocycles. The molecule has 114 valence electrons. The molecular formula is C14H17FN2O2S2. The van der Waals surface area contributed by atoms with Gasteiger partial charge in [-0.05, 0) is 44.5 Å². The molecule has 3 N–H and O–H groups in total. The minimum absolute atomic E-state index is 0.237. The molecule has 2 aromatic rings. The summed E-state index contributed by atoms with van der Waals surface area (Å²) in [6.45, 7) is 5.66. The van der Waals surface area contributed by atoms with Crippen LogP contribution in [-0.4, -0.2) is 8.42 Å². The summed E-state index contributed by atoms with van der Waals surface area (Å²) >= 11 is 1.61. The Hall–Kier alpha value is -1.44. The molecule has 0 amide bonds. The third kappa shape index (κ3) is 3.25. The van der Waals surface area contributed by atoms with Gasteiger partial charge < -0.3 is 5.73 Å². The van der Waals surface area contributed by atoms with Gasteiger partial charge in [0.2, 0.25) is 10.0 Å². The average molecular weight is 328 g/mol. The molecule has 1 aromatic heterocycles. The Balaban J connectivity index is 2.33. The lowest BCUT2D eigenvalue weighted by Crippen LogP contribution is -2.27. The van der Waals surface area contributed by atoms with Crippen LogP contribution in [0.5, 0.6) is 0 Å². The second-order valence-corrected chi connectivity index (χ2v) is 8.01. The highest BCUT2D eigenvalue weighted by Crippen LogP contribution is 2.28. The van der Waals surface area contributed by atoms with Gasteiger partial charge in [-0.15, -0.1) is 11.3 Å². The first-order valence-electron chi connectivity index (χ1n) is 6.35. The first-order valence-corrected chi connectivity index (χ1v) is 8.65. The number of hydrogen-bond acceptors (Lipinski definition) is 4. The number of nitrogens with one attached hydrogen (secondary N) is 1. The number of anilines is 1. The van der Waals surface area contributed by atoms with Gasteiger partial charge in [-0.1, -0.05) is 6.07 Å². The van der Waals surface area contributed by atoms with Gasteiger partial charge in [0.1, 0.15) is 10.7 Å². The topological polar surface area (TPSA) is 72.2 Å². The van der Waals surface area contributed by atoms with Gasteiger partial charge in [-0.3, -0.25) is 0 Å². The number of thiophene rings is 1. The second kappa shape index (κ2) is 5.75. The smallest absolute Gasteiger partial charge is 0.243 e. The Labute approximate surface area is 127 Å². The van der Waals surface area contributed by atoms with Gasteiger partial charge in [0.15, 0.2) is 0 Å². The van der Waals surface area contributed by atoms with Gasteiger partial charge >= 0.3 is 0 Å². The minimum Gasteiger partial charge on any atom is -0.395 e. The highest BCUT2D eigenvalue weighted by Gasteiger charge is 2.23. The molecule has 1 unspecified atom stereocenters. The molecule has 2 rings (SSSR count). The van der Waals surface area contributed by atoms with Crippen molar-refractivity contribution in [3.63, 3.8) is 0 Å². The summed E-state index contributed by atoms with van der Waals surface area (Å²) in [5, 5.41) is 0. The first-order chi connectivity index (χ1) is 9.72. The zero-order valence-corrected chi connectivity index (χ0v) is 13.6. The molecule has 1 heterocycles. The maximum Gasteiger partial charge on any atom is 0.243 e. The molecule has 0 aliphatic carbocycles. The molecule has 0 aliphatic rings. The number of hydrogen-bond donors (Lipinski definition) is 2. The number of nitrogen functional groups attached to an aromatic ring is 1. The van der Waals surface area contributed by atoms with Crippen LogP contribution >= 0.6 is 11.3 Å². The van der Waals surface area contributed by atoms with E-state index in [1.807, 2.05) is 19.9 Å². The largest absolute Gasteiger partial charge is 0.395 e. The number of benzene rings is 1. The number of aryl methyl sites for hydroxylation is 2. The van der Waals surface area contributed by atoms with E-state index in [1.165, 1.54) is 12.1 Å². The van der Waals surface area contributed by atoms with Crippen molar-refractivity contribution in [1.29, 1.82) is 0 Å².